The predicted molar refractivity (Wildman–Crippen MR) is 72.7 cm³/mol. The quantitative estimate of drug-likeness (QED) is 0.903. The van der Waals surface area contributed by atoms with E-state index in [-0.39, 0.29) is 17.4 Å². The molecule has 1 aromatic heterocycles. The molecule has 1 fully saturated rings. The van der Waals surface area contributed by atoms with E-state index in [1.54, 1.807) is 13.2 Å². The molecule has 2 heterocycles. The Bertz CT molecular complexity index is 448. The molecule has 1 aliphatic rings. The normalized spacial score (nSPS) is 20.7. The molecule has 19 heavy (non-hydrogen) atoms. The van der Waals surface area contributed by atoms with Crippen LogP contribution in [-0.4, -0.2) is 35.4 Å². The van der Waals surface area contributed by atoms with Crippen LogP contribution < -0.4 is 5.32 Å². The van der Waals surface area contributed by atoms with Crippen molar-refractivity contribution >= 4 is 5.91 Å². The third-order valence-corrected chi connectivity index (χ3v) is 3.54. The molecule has 2 rings (SSSR count). The van der Waals surface area contributed by atoms with Gasteiger partial charge >= 0.3 is 0 Å². The van der Waals surface area contributed by atoms with Crippen LogP contribution >= 0.6 is 0 Å². The van der Waals surface area contributed by atoms with Crippen LogP contribution in [-0.2, 0) is 16.8 Å². The Labute approximate surface area is 114 Å². The average molecular weight is 265 g/mol. The summed E-state index contributed by atoms with van der Waals surface area (Å²) >= 11 is 0. The van der Waals surface area contributed by atoms with Crippen LogP contribution in [0.4, 0.5) is 0 Å². The molecular weight excluding hydrogens is 242 g/mol. The summed E-state index contributed by atoms with van der Waals surface area (Å²) in [4.78, 5) is 18.2. The molecule has 106 valence electrons. The van der Waals surface area contributed by atoms with E-state index in [2.05, 4.69) is 36.0 Å². The highest BCUT2D eigenvalue weighted by Gasteiger charge is 2.31. The van der Waals surface area contributed by atoms with Gasteiger partial charge in [0, 0.05) is 12.5 Å². The maximum atomic E-state index is 11.8. The van der Waals surface area contributed by atoms with Crippen molar-refractivity contribution in [2.24, 2.45) is 0 Å². The van der Waals surface area contributed by atoms with Gasteiger partial charge in [0.15, 0.2) is 0 Å². The van der Waals surface area contributed by atoms with Crippen molar-refractivity contribution in [1.29, 1.82) is 0 Å². The zero-order valence-corrected chi connectivity index (χ0v) is 12.2. The van der Waals surface area contributed by atoms with Crippen molar-refractivity contribution in [3.05, 3.63) is 17.8 Å². The molecule has 5 heteroatoms. The lowest BCUT2D eigenvalue weighted by molar-refractivity contribution is -0.125. The molecule has 0 radical (unpaired) electrons. The second kappa shape index (κ2) is 5.33. The van der Waals surface area contributed by atoms with Gasteiger partial charge in [0.05, 0.1) is 18.8 Å². The van der Waals surface area contributed by atoms with Crippen LogP contribution in [0.2, 0.25) is 0 Å². The zero-order valence-electron chi connectivity index (χ0n) is 12.2. The van der Waals surface area contributed by atoms with Gasteiger partial charge in [-0.25, -0.2) is 4.98 Å². The Balaban J connectivity index is 2.04. The number of likely N-dealkylation sites (tertiary alicyclic amines) is 1. The molecule has 1 N–H and O–H groups in total. The Hall–Kier alpha value is -1.36. The van der Waals surface area contributed by atoms with E-state index in [4.69, 9.17) is 4.42 Å². The van der Waals surface area contributed by atoms with E-state index >= 15 is 0 Å². The minimum absolute atomic E-state index is 0.0313. The highest BCUT2D eigenvalue weighted by molar-refractivity contribution is 5.81. The first kappa shape index (κ1) is 14.1. The Kier molecular flexibility index (Phi) is 3.94. The van der Waals surface area contributed by atoms with E-state index < -0.39 is 0 Å². The van der Waals surface area contributed by atoms with Crippen LogP contribution in [0.5, 0.6) is 0 Å². The summed E-state index contributed by atoms with van der Waals surface area (Å²) in [6.45, 7) is 7.82. The van der Waals surface area contributed by atoms with Crippen LogP contribution in [0.1, 0.15) is 45.3 Å². The molecular formula is C14H23N3O2. The van der Waals surface area contributed by atoms with Gasteiger partial charge in [-0.3, -0.25) is 9.69 Å². The van der Waals surface area contributed by atoms with Gasteiger partial charge in [0.25, 0.3) is 0 Å². The molecule has 5 nitrogen and oxygen atoms in total. The van der Waals surface area contributed by atoms with Crippen molar-refractivity contribution in [3.8, 4) is 0 Å². The lowest BCUT2D eigenvalue weighted by Gasteiger charge is -2.21. The third-order valence-electron chi connectivity index (χ3n) is 3.54. The largest absolute Gasteiger partial charge is 0.444 e. The molecule has 0 unspecified atom stereocenters. The van der Waals surface area contributed by atoms with Crippen molar-refractivity contribution < 1.29 is 9.21 Å². The van der Waals surface area contributed by atoms with Crippen molar-refractivity contribution in [2.45, 2.75) is 51.6 Å². The first-order valence-electron chi connectivity index (χ1n) is 6.82. The van der Waals surface area contributed by atoms with Gasteiger partial charge in [0.1, 0.15) is 5.76 Å². The number of carbonyl (C=O) groups excluding carboxylic acids is 1. The third kappa shape index (κ3) is 3.15. The molecule has 1 saturated heterocycles. The molecule has 0 saturated carbocycles. The number of rotatable bonds is 3. The topological polar surface area (TPSA) is 58.4 Å². The highest BCUT2D eigenvalue weighted by Crippen LogP contribution is 2.25. The molecule has 1 aromatic rings. The Morgan fingerprint density at radius 1 is 1.58 bits per heavy atom. The number of amides is 1. The summed E-state index contributed by atoms with van der Waals surface area (Å²) in [5.74, 6) is 1.67. The summed E-state index contributed by atoms with van der Waals surface area (Å²) < 4.78 is 5.79. The standard InChI is InChI=1S/C14H23N3O2/c1-14(2,3)11-8-16-12(19-11)9-17-7-5-6-10(17)13(18)15-4/h8,10H,5-7,9H2,1-4H3,(H,15,18)/t10-/m0/s1. The van der Waals surface area contributed by atoms with Gasteiger partial charge in [-0.2, -0.15) is 0 Å². The average Bonchev–Trinajstić information content (AvgIpc) is 2.97. The molecule has 0 aliphatic carbocycles. The number of hydrogen-bond acceptors (Lipinski definition) is 4. The van der Waals surface area contributed by atoms with E-state index in [1.807, 2.05) is 0 Å². The minimum Gasteiger partial charge on any atom is -0.444 e. The SMILES string of the molecule is CNC(=O)[C@@H]1CCCN1Cc1ncc(C(C)(C)C)o1. The van der Waals surface area contributed by atoms with Crippen LogP contribution in [0.15, 0.2) is 10.6 Å². The molecule has 0 bridgehead atoms. The Morgan fingerprint density at radius 2 is 2.32 bits per heavy atom. The number of likely N-dealkylation sites (N-methyl/N-ethyl adjacent to an activating group) is 1. The number of nitrogens with zero attached hydrogens (tertiary/aromatic N) is 2. The second-order valence-corrected chi connectivity index (χ2v) is 6.11. The van der Waals surface area contributed by atoms with Gasteiger partial charge < -0.3 is 9.73 Å². The first-order chi connectivity index (χ1) is 8.91. The number of hydrogen-bond donors (Lipinski definition) is 1. The number of nitrogens with one attached hydrogen (secondary N) is 1. The molecule has 1 atom stereocenters. The number of carbonyl (C=O) groups is 1. The van der Waals surface area contributed by atoms with E-state index in [1.165, 1.54) is 0 Å². The molecule has 0 aromatic carbocycles. The maximum absolute atomic E-state index is 11.8. The van der Waals surface area contributed by atoms with Crippen LogP contribution in [0.3, 0.4) is 0 Å². The fourth-order valence-corrected chi connectivity index (χ4v) is 2.38. The number of aromatic nitrogens is 1. The Morgan fingerprint density at radius 3 is 2.89 bits per heavy atom. The first-order valence-corrected chi connectivity index (χ1v) is 6.82. The van der Waals surface area contributed by atoms with E-state index in [9.17, 15) is 4.79 Å². The van der Waals surface area contributed by atoms with E-state index in [0.29, 0.717) is 12.4 Å². The smallest absolute Gasteiger partial charge is 0.237 e. The lowest BCUT2D eigenvalue weighted by atomic mass is 9.94. The van der Waals surface area contributed by atoms with Gasteiger partial charge in [-0.05, 0) is 19.4 Å². The van der Waals surface area contributed by atoms with Gasteiger partial charge in [0.2, 0.25) is 11.8 Å². The molecule has 1 aliphatic heterocycles. The van der Waals surface area contributed by atoms with E-state index in [0.717, 1.165) is 25.1 Å². The number of oxazole rings is 1. The fourth-order valence-electron chi connectivity index (χ4n) is 2.38. The highest BCUT2D eigenvalue weighted by atomic mass is 16.4. The lowest BCUT2D eigenvalue weighted by Crippen LogP contribution is -2.41. The molecule has 1 amide bonds. The van der Waals surface area contributed by atoms with Crippen molar-refractivity contribution in [1.82, 2.24) is 15.2 Å². The van der Waals surface area contributed by atoms with Gasteiger partial charge in [-0.1, -0.05) is 20.8 Å². The maximum Gasteiger partial charge on any atom is 0.237 e. The van der Waals surface area contributed by atoms with Crippen LogP contribution in [0.25, 0.3) is 0 Å². The summed E-state index contributed by atoms with van der Waals surface area (Å²) in [5, 5.41) is 2.72. The van der Waals surface area contributed by atoms with Crippen molar-refractivity contribution in [2.75, 3.05) is 13.6 Å². The predicted octanol–water partition coefficient (Wildman–Crippen LogP) is 1.68. The fraction of sp³-hybridized carbons (Fsp3) is 0.714. The van der Waals surface area contributed by atoms with Crippen molar-refractivity contribution in [3.63, 3.8) is 0 Å². The monoisotopic (exact) mass is 265 g/mol. The summed E-state index contributed by atoms with van der Waals surface area (Å²) in [6.07, 6.45) is 3.75. The summed E-state index contributed by atoms with van der Waals surface area (Å²) in [6, 6.07) is -0.0463. The molecule has 0 spiro atoms. The minimum atomic E-state index is -0.0463. The van der Waals surface area contributed by atoms with Gasteiger partial charge in [-0.15, -0.1) is 0 Å². The second-order valence-electron chi connectivity index (χ2n) is 6.11. The summed E-state index contributed by atoms with van der Waals surface area (Å²) in [7, 11) is 1.68. The summed E-state index contributed by atoms with van der Waals surface area (Å²) in [5.41, 5.74) is -0.0313. The zero-order chi connectivity index (χ0) is 14.0. The van der Waals surface area contributed by atoms with Crippen LogP contribution in [0, 0.1) is 0 Å².